The van der Waals surface area contributed by atoms with E-state index in [1.54, 1.807) is 13.8 Å². The van der Waals surface area contributed by atoms with Crippen LogP contribution in [0, 0.1) is 17.8 Å². The Morgan fingerprint density at radius 3 is 1.70 bits per heavy atom. The summed E-state index contributed by atoms with van der Waals surface area (Å²) >= 11 is 0. The number of hydrogen-bond acceptors (Lipinski definition) is 5. The molecule has 0 bridgehead atoms. The lowest BCUT2D eigenvalue weighted by Crippen LogP contribution is -3.00. The van der Waals surface area contributed by atoms with Crippen molar-refractivity contribution in [3.8, 4) is 0 Å². The standard InChI is InChI=1S/C21H38N4O7.ClH/c1-7-12(6)16(22)20(30)24-13(8-10(2)3)18(28)23-14(9-15(26)27)19(29)25-17(11(4)5)21(31)32;/h10-14,16-17H,7-9,22H2,1-6H3,(H,23,28)(H,24,30)(H,25,29)(H,26,27)(H,31,32);1H/t12-,13-,14-,16-,17-;/m0./s1. The SMILES string of the molecule is CC[C@H](C)[C@H]([NH3+])C(=O)N[C@@H](CC(C)C)C(=O)N[C@@H](CC(=O)O)C(=O)N[C@H](C(=O)O)C(C)C.[Cl-]. The molecule has 0 fully saturated rings. The van der Waals surface area contributed by atoms with Gasteiger partial charge < -0.3 is 44.3 Å². The van der Waals surface area contributed by atoms with Crippen LogP contribution in [-0.2, 0) is 24.0 Å². The smallest absolute Gasteiger partial charge is 0.326 e. The monoisotopic (exact) mass is 494 g/mol. The Kier molecular flexibility index (Phi) is 15.3. The van der Waals surface area contributed by atoms with E-state index in [0.29, 0.717) is 0 Å². The Balaban J connectivity index is 0. The number of aliphatic carboxylic acids is 2. The van der Waals surface area contributed by atoms with Gasteiger partial charge in [0, 0.05) is 5.92 Å². The summed E-state index contributed by atoms with van der Waals surface area (Å²) in [7, 11) is 0. The Labute approximate surface area is 201 Å². The van der Waals surface area contributed by atoms with E-state index in [9.17, 15) is 29.1 Å². The minimum absolute atomic E-state index is 0. The number of carboxylic acid groups (broad SMARTS) is 2. The van der Waals surface area contributed by atoms with Gasteiger partial charge in [0.25, 0.3) is 5.91 Å². The summed E-state index contributed by atoms with van der Waals surface area (Å²) in [4.78, 5) is 60.6. The molecule has 0 aromatic carbocycles. The Morgan fingerprint density at radius 2 is 1.30 bits per heavy atom. The maximum Gasteiger partial charge on any atom is 0.326 e. The fourth-order valence-electron chi connectivity index (χ4n) is 2.95. The van der Waals surface area contributed by atoms with Crippen LogP contribution in [0.25, 0.3) is 0 Å². The highest BCUT2D eigenvalue weighted by Gasteiger charge is 2.33. The molecule has 0 aromatic heterocycles. The minimum atomic E-state index is -1.50. The van der Waals surface area contributed by atoms with Gasteiger partial charge in [-0.25, -0.2) is 4.79 Å². The third-order valence-corrected chi connectivity index (χ3v) is 5.25. The van der Waals surface area contributed by atoms with Gasteiger partial charge in [-0.2, -0.15) is 0 Å². The molecular weight excluding hydrogens is 456 g/mol. The molecule has 0 heterocycles. The first kappa shape index (κ1) is 32.8. The predicted molar refractivity (Wildman–Crippen MR) is 116 cm³/mol. The van der Waals surface area contributed by atoms with E-state index >= 15 is 0 Å². The van der Waals surface area contributed by atoms with Gasteiger partial charge in [0.1, 0.15) is 18.1 Å². The van der Waals surface area contributed by atoms with E-state index in [1.165, 1.54) is 0 Å². The Bertz CT molecular complexity index is 688. The number of carbonyl (C=O) groups is 5. The Hall–Kier alpha value is -2.40. The molecule has 0 aliphatic carbocycles. The molecule has 3 amide bonds. The van der Waals surface area contributed by atoms with Crippen LogP contribution in [0.1, 0.15) is 60.8 Å². The van der Waals surface area contributed by atoms with Crippen LogP contribution in [0.4, 0.5) is 0 Å². The molecule has 0 aliphatic heterocycles. The zero-order chi connectivity index (χ0) is 25.2. The summed E-state index contributed by atoms with van der Waals surface area (Å²) in [5.41, 5.74) is 3.85. The van der Waals surface area contributed by atoms with Gasteiger partial charge in [0.15, 0.2) is 6.04 Å². The van der Waals surface area contributed by atoms with Gasteiger partial charge in [-0.1, -0.05) is 41.5 Å². The van der Waals surface area contributed by atoms with Crippen molar-refractivity contribution in [1.82, 2.24) is 16.0 Å². The van der Waals surface area contributed by atoms with E-state index in [-0.39, 0.29) is 30.7 Å². The van der Waals surface area contributed by atoms with E-state index in [2.05, 4.69) is 21.7 Å². The molecule has 0 saturated heterocycles. The quantitative estimate of drug-likeness (QED) is 0.143. The second-order valence-electron chi connectivity index (χ2n) is 8.91. The molecule has 0 rings (SSSR count). The fraction of sp³-hybridized carbons (Fsp3) is 0.762. The summed E-state index contributed by atoms with van der Waals surface area (Å²) in [5, 5.41) is 25.7. The molecule has 33 heavy (non-hydrogen) atoms. The predicted octanol–water partition coefficient (Wildman–Crippen LogP) is -3.64. The van der Waals surface area contributed by atoms with Crippen LogP contribution in [0.5, 0.6) is 0 Å². The molecule has 12 heteroatoms. The minimum Gasteiger partial charge on any atom is -1.00 e. The van der Waals surface area contributed by atoms with Gasteiger partial charge in [0.05, 0.1) is 6.42 Å². The number of carbonyl (C=O) groups excluding carboxylic acids is 3. The van der Waals surface area contributed by atoms with Crippen molar-refractivity contribution < 1.29 is 52.3 Å². The van der Waals surface area contributed by atoms with Crippen molar-refractivity contribution in [2.24, 2.45) is 17.8 Å². The van der Waals surface area contributed by atoms with Crippen molar-refractivity contribution in [1.29, 1.82) is 0 Å². The summed E-state index contributed by atoms with van der Waals surface area (Å²) in [6, 6.07) is -4.33. The summed E-state index contributed by atoms with van der Waals surface area (Å²) in [6.45, 7) is 10.7. The van der Waals surface area contributed by atoms with Gasteiger partial charge in [-0.05, 0) is 24.7 Å². The molecule has 8 N–H and O–H groups in total. The molecule has 0 radical (unpaired) electrons. The van der Waals surface area contributed by atoms with E-state index in [0.717, 1.165) is 6.42 Å². The zero-order valence-electron chi connectivity index (χ0n) is 20.2. The first-order chi connectivity index (χ1) is 14.7. The molecule has 192 valence electrons. The second kappa shape index (κ2) is 15.4. The summed E-state index contributed by atoms with van der Waals surface area (Å²) in [5.74, 6) is -5.13. The lowest BCUT2D eigenvalue weighted by Gasteiger charge is -2.26. The first-order valence-corrected chi connectivity index (χ1v) is 10.9. The number of carboxylic acids is 2. The van der Waals surface area contributed by atoms with E-state index in [4.69, 9.17) is 5.11 Å². The molecule has 0 spiro atoms. The van der Waals surface area contributed by atoms with Gasteiger partial charge in [0.2, 0.25) is 11.8 Å². The lowest BCUT2D eigenvalue weighted by molar-refractivity contribution is -0.415. The van der Waals surface area contributed by atoms with Crippen molar-refractivity contribution in [3.05, 3.63) is 0 Å². The number of amides is 3. The maximum absolute atomic E-state index is 12.9. The van der Waals surface area contributed by atoms with Gasteiger partial charge in [-0.15, -0.1) is 0 Å². The largest absolute Gasteiger partial charge is 1.00 e. The molecule has 5 atom stereocenters. The number of halogens is 1. The normalized spacial score (nSPS) is 15.4. The third-order valence-electron chi connectivity index (χ3n) is 5.25. The van der Waals surface area contributed by atoms with Crippen LogP contribution in [-0.4, -0.2) is 64.0 Å². The van der Waals surface area contributed by atoms with E-state index in [1.807, 2.05) is 27.7 Å². The molecular formula is C21H39ClN4O7. The summed E-state index contributed by atoms with van der Waals surface area (Å²) < 4.78 is 0. The average Bonchev–Trinajstić information content (AvgIpc) is 2.68. The van der Waals surface area contributed by atoms with Gasteiger partial charge in [-0.3, -0.25) is 19.2 Å². The second-order valence-corrected chi connectivity index (χ2v) is 8.91. The number of rotatable bonds is 14. The van der Waals surface area contributed by atoms with E-state index < -0.39 is 66.2 Å². The zero-order valence-corrected chi connectivity index (χ0v) is 20.9. The lowest BCUT2D eigenvalue weighted by atomic mass is 9.97. The van der Waals surface area contributed by atoms with Crippen molar-refractivity contribution >= 4 is 29.7 Å². The van der Waals surface area contributed by atoms with Crippen LogP contribution in [0.15, 0.2) is 0 Å². The number of quaternary nitrogens is 1. The molecule has 11 nitrogen and oxygen atoms in total. The Morgan fingerprint density at radius 1 is 0.818 bits per heavy atom. The topological polar surface area (TPSA) is 190 Å². The number of nitrogens with one attached hydrogen (secondary N) is 3. The highest BCUT2D eigenvalue weighted by molar-refractivity contribution is 5.95. The van der Waals surface area contributed by atoms with Crippen molar-refractivity contribution in [2.75, 3.05) is 0 Å². The highest BCUT2D eigenvalue weighted by atomic mass is 35.5. The molecule has 0 aromatic rings. The van der Waals surface area contributed by atoms with Crippen molar-refractivity contribution in [3.63, 3.8) is 0 Å². The first-order valence-electron chi connectivity index (χ1n) is 10.9. The molecule has 0 saturated carbocycles. The van der Waals surface area contributed by atoms with Crippen LogP contribution in [0.3, 0.4) is 0 Å². The highest BCUT2D eigenvalue weighted by Crippen LogP contribution is 2.09. The average molecular weight is 495 g/mol. The fourth-order valence-corrected chi connectivity index (χ4v) is 2.95. The number of hydrogen-bond donors (Lipinski definition) is 6. The van der Waals surface area contributed by atoms with Crippen LogP contribution in [0.2, 0.25) is 0 Å². The van der Waals surface area contributed by atoms with Crippen molar-refractivity contribution in [2.45, 2.75) is 85.0 Å². The van der Waals surface area contributed by atoms with Crippen LogP contribution < -0.4 is 34.1 Å². The molecule has 0 aliphatic rings. The third kappa shape index (κ3) is 11.9. The van der Waals surface area contributed by atoms with Gasteiger partial charge >= 0.3 is 11.9 Å². The molecule has 0 unspecified atom stereocenters. The maximum atomic E-state index is 12.9. The van der Waals surface area contributed by atoms with Crippen LogP contribution >= 0.6 is 0 Å². The summed E-state index contributed by atoms with van der Waals surface area (Å²) in [6.07, 6.45) is 0.245.